The van der Waals surface area contributed by atoms with Crippen LogP contribution in [-0.4, -0.2) is 32.6 Å². The third-order valence-electron chi connectivity index (χ3n) is 5.32. The lowest BCUT2D eigenvalue weighted by atomic mass is 10.1. The molecule has 7 nitrogen and oxygen atoms in total. The molecule has 31 heavy (non-hydrogen) atoms. The summed E-state index contributed by atoms with van der Waals surface area (Å²) in [5, 5.41) is 13.0. The maximum atomic E-state index is 12.6. The molecule has 0 unspecified atom stereocenters. The van der Waals surface area contributed by atoms with Crippen molar-refractivity contribution in [2.75, 3.05) is 5.32 Å². The Morgan fingerprint density at radius 1 is 1.16 bits per heavy atom. The SMILES string of the molecule is Cc1ccc(-c2n[nH]c(=S)n2CCC(=O)Nc2cc(C(=O)NC3CC3)ccc2C)cc1. The minimum atomic E-state index is -0.152. The first kappa shape index (κ1) is 21.0. The van der Waals surface area contributed by atoms with E-state index in [0.717, 1.165) is 29.5 Å². The molecule has 2 amide bonds. The summed E-state index contributed by atoms with van der Waals surface area (Å²) in [5.74, 6) is 0.443. The highest BCUT2D eigenvalue weighted by molar-refractivity contribution is 7.71. The van der Waals surface area contributed by atoms with Crippen molar-refractivity contribution in [3.63, 3.8) is 0 Å². The molecular formula is C23H25N5O2S. The molecule has 1 aliphatic carbocycles. The van der Waals surface area contributed by atoms with Crippen molar-refractivity contribution in [3.05, 3.63) is 63.9 Å². The average molecular weight is 436 g/mol. The van der Waals surface area contributed by atoms with Crippen LogP contribution in [0.25, 0.3) is 11.4 Å². The number of hydrogen-bond donors (Lipinski definition) is 3. The smallest absolute Gasteiger partial charge is 0.251 e. The van der Waals surface area contributed by atoms with Gasteiger partial charge in [-0.1, -0.05) is 35.9 Å². The number of nitrogens with zero attached hydrogens (tertiary/aromatic N) is 2. The Morgan fingerprint density at radius 2 is 1.90 bits per heavy atom. The van der Waals surface area contributed by atoms with Crippen LogP contribution in [0.4, 0.5) is 5.69 Å². The molecule has 0 atom stereocenters. The maximum absolute atomic E-state index is 12.6. The first-order valence-electron chi connectivity index (χ1n) is 10.3. The number of rotatable bonds is 7. The Hall–Kier alpha value is -3.26. The predicted octanol–water partition coefficient (Wildman–Crippen LogP) is 4.15. The molecule has 1 aliphatic rings. The van der Waals surface area contributed by atoms with Crippen molar-refractivity contribution in [1.82, 2.24) is 20.1 Å². The number of aromatic nitrogens is 3. The molecular weight excluding hydrogens is 410 g/mol. The van der Waals surface area contributed by atoms with Gasteiger partial charge in [0.25, 0.3) is 5.91 Å². The van der Waals surface area contributed by atoms with Gasteiger partial charge in [-0.3, -0.25) is 19.3 Å². The minimum Gasteiger partial charge on any atom is -0.349 e. The first-order valence-corrected chi connectivity index (χ1v) is 10.7. The van der Waals surface area contributed by atoms with Crippen LogP contribution in [0, 0.1) is 18.6 Å². The standard InChI is InChI=1S/C23H25N5O2S/c1-14-3-6-16(7-4-14)21-26-27-23(31)28(21)12-11-20(29)25-19-13-17(8-5-15(19)2)22(30)24-18-9-10-18/h3-8,13,18H,9-12H2,1-2H3,(H,24,30)(H,25,29)(H,27,31). The van der Waals surface area contributed by atoms with E-state index in [2.05, 4.69) is 20.8 Å². The van der Waals surface area contributed by atoms with E-state index in [1.807, 2.05) is 48.7 Å². The second-order valence-corrected chi connectivity index (χ2v) is 8.33. The highest BCUT2D eigenvalue weighted by atomic mass is 32.1. The number of aromatic amines is 1. The Kier molecular flexibility index (Phi) is 5.99. The largest absolute Gasteiger partial charge is 0.349 e. The predicted molar refractivity (Wildman–Crippen MR) is 122 cm³/mol. The number of carbonyl (C=O) groups is 2. The highest BCUT2D eigenvalue weighted by Gasteiger charge is 2.24. The second-order valence-electron chi connectivity index (χ2n) is 7.95. The van der Waals surface area contributed by atoms with Gasteiger partial charge in [0, 0.05) is 35.8 Å². The first-order chi connectivity index (χ1) is 14.9. The molecule has 3 aromatic rings. The third-order valence-corrected chi connectivity index (χ3v) is 5.63. The third kappa shape index (κ3) is 5.08. The van der Waals surface area contributed by atoms with Gasteiger partial charge >= 0.3 is 0 Å². The van der Waals surface area contributed by atoms with Crippen LogP contribution >= 0.6 is 12.2 Å². The summed E-state index contributed by atoms with van der Waals surface area (Å²) in [6.07, 6.45) is 2.29. The average Bonchev–Trinajstić information content (AvgIpc) is 3.49. The summed E-state index contributed by atoms with van der Waals surface area (Å²) in [6, 6.07) is 13.6. The molecule has 160 valence electrons. The van der Waals surface area contributed by atoms with E-state index in [4.69, 9.17) is 12.2 Å². The second kappa shape index (κ2) is 8.85. The van der Waals surface area contributed by atoms with Crippen LogP contribution in [0.15, 0.2) is 42.5 Å². The van der Waals surface area contributed by atoms with Crippen molar-refractivity contribution >= 4 is 29.7 Å². The Labute approximate surface area is 185 Å². The van der Waals surface area contributed by atoms with Gasteiger partial charge in [0.2, 0.25) is 5.91 Å². The summed E-state index contributed by atoms with van der Waals surface area (Å²) in [7, 11) is 0. The van der Waals surface area contributed by atoms with Crippen LogP contribution in [0.3, 0.4) is 0 Å². The Bertz CT molecular complexity index is 1180. The molecule has 1 fully saturated rings. The molecule has 4 rings (SSSR count). The molecule has 3 N–H and O–H groups in total. The zero-order chi connectivity index (χ0) is 22.0. The molecule has 0 spiro atoms. The van der Waals surface area contributed by atoms with Crippen LogP contribution in [-0.2, 0) is 11.3 Å². The fraction of sp³-hybridized carbons (Fsp3) is 0.304. The van der Waals surface area contributed by atoms with Crippen LogP contribution in [0.1, 0.15) is 40.7 Å². The highest BCUT2D eigenvalue weighted by Crippen LogP contribution is 2.22. The number of H-pyrrole nitrogens is 1. The Balaban J connectivity index is 1.43. The van der Waals surface area contributed by atoms with Crippen molar-refractivity contribution in [1.29, 1.82) is 0 Å². The van der Waals surface area contributed by atoms with E-state index in [0.29, 0.717) is 28.4 Å². The molecule has 0 bridgehead atoms. The normalized spacial score (nSPS) is 13.1. The molecule has 0 radical (unpaired) electrons. The number of benzene rings is 2. The molecule has 0 saturated heterocycles. The van der Waals surface area contributed by atoms with Gasteiger partial charge in [0.05, 0.1) is 0 Å². The van der Waals surface area contributed by atoms with Gasteiger partial charge in [0.1, 0.15) is 0 Å². The van der Waals surface area contributed by atoms with Crippen molar-refractivity contribution < 1.29 is 9.59 Å². The topological polar surface area (TPSA) is 91.8 Å². The van der Waals surface area contributed by atoms with Crippen molar-refractivity contribution in [3.8, 4) is 11.4 Å². The number of carbonyl (C=O) groups excluding carboxylic acids is 2. The van der Waals surface area contributed by atoms with Crippen LogP contribution in [0.2, 0.25) is 0 Å². The summed E-state index contributed by atoms with van der Waals surface area (Å²) in [5.41, 5.74) is 4.18. The maximum Gasteiger partial charge on any atom is 0.251 e. The zero-order valence-electron chi connectivity index (χ0n) is 17.6. The minimum absolute atomic E-state index is 0.106. The van der Waals surface area contributed by atoms with E-state index < -0.39 is 0 Å². The molecule has 0 aliphatic heterocycles. The number of hydrogen-bond acceptors (Lipinski definition) is 4. The van der Waals surface area contributed by atoms with Gasteiger partial charge in [-0.25, -0.2) is 0 Å². The lowest BCUT2D eigenvalue weighted by Crippen LogP contribution is -2.25. The summed E-state index contributed by atoms with van der Waals surface area (Å²) in [6.45, 7) is 4.32. The van der Waals surface area contributed by atoms with E-state index in [1.54, 1.807) is 12.1 Å². The van der Waals surface area contributed by atoms with Crippen molar-refractivity contribution in [2.45, 2.75) is 45.7 Å². The van der Waals surface area contributed by atoms with Gasteiger partial charge < -0.3 is 10.6 Å². The number of anilines is 1. The summed E-state index contributed by atoms with van der Waals surface area (Å²) < 4.78 is 2.30. The quantitative estimate of drug-likeness (QED) is 0.486. The van der Waals surface area contributed by atoms with E-state index in [-0.39, 0.29) is 24.3 Å². The van der Waals surface area contributed by atoms with Gasteiger partial charge in [-0.15, -0.1) is 0 Å². The number of amides is 2. The summed E-state index contributed by atoms with van der Waals surface area (Å²) >= 11 is 5.36. The van der Waals surface area contributed by atoms with E-state index >= 15 is 0 Å². The lowest BCUT2D eigenvalue weighted by molar-refractivity contribution is -0.116. The van der Waals surface area contributed by atoms with Gasteiger partial charge in [-0.05, 0) is 56.6 Å². The van der Waals surface area contributed by atoms with E-state index in [9.17, 15) is 9.59 Å². The molecule has 1 heterocycles. The zero-order valence-corrected chi connectivity index (χ0v) is 18.4. The molecule has 1 saturated carbocycles. The fourth-order valence-corrected chi connectivity index (χ4v) is 3.49. The van der Waals surface area contributed by atoms with Gasteiger partial charge in [0.15, 0.2) is 10.6 Å². The molecule has 1 aromatic heterocycles. The fourth-order valence-electron chi connectivity index (χ4n) is 3.27. The van der Waals surface area contributed by atoms with Crippen LogP contribution in [0.5, 0.6) is 0 Å². The summed E-state index contributed by atoms with van der Waals surface area (Å²) in [4.78, 5) is 25.0. The lowest BCUT2D eigenvalue weighted by Gasteiger charge is -2.12. The molecule has 8 heteroatoms. The van der Waals surface area contributed by atoms with E-state index in [1.165, 1.54) is 0 Å². The Morgan fingerprint density at radius 3 is 2.61 bits per heavy atom. The van der Waals surface area contributed by atoms with Crippen LogP contribution < -0.4 is 10.6 Å². The monoisotopic (exact) mass is 435 g/mol. The molecule has 2 aromatic carbocycles. The number of nitrogens with one attached hydrogen (secondary N) is 3. The van der Waals surface area contributed by atoms with Crippen molar-refractivity contribution in [2.24, 2.45) is 0 Å². The van der Waals surface area contributed by atoms with Gasteiger partial charge in [-0.2, -0.15) is 5.10 Å². The number of aryl methyl sites for hydroxylation is 2.